The molecule has 0 spiro atoms. The summed E-state index contributed by atoms with van der Waals surface area (Å²) in [4.78, 5) is 15.4. The SMILES string of the molecule is C=C/C=C(\c1ccccc1C)C1N=C(c2cccc3c2C=CCC3)NC(c2cccc3c2-c2ccccc2C3(C2=CCCCC=C2)c2ccncc2)=N1. The Hall–Kier alpha value is -6.13. The fourth-order valence-electron chi connectivity index (χ4n) is 8.84. The number of hydrogen-bond donors (Lipinski definition) is 1. The number of aliphatic imine (C=N–C) groups is 2. The molecule has 4 aliphatic rings. The van der Waals surface area contributed by atoms with E-state index in [4.69, 9.17) is 9.98 Å². The molecule has 2 unspecified atom stereocenters. The van der Waals surface area contributed by atoms with Crippen LogP contribution in [-0.2, 0) is 11.8 Å². The van der Waals surface area contributed by atoms with E-state index >= 15 is 0 Å². The van der Waals surface area contributed by atoms with Gasteiger partial charge in [-0.2, -0.15) is 0 Å². The number of fused-ring (bicyclic) bond motifs is 4. The van der Waals surface area contributed by atoms with E-state index in [1.165, 1.54) is 50.1 Å². The molecular formula is C49H42N4. The molecular weight excluding hydrogens is 645 g/mol. The van der Waals surface area contributed by atoms with Crippen molar-refractivity contribution in [2.24, 2.45) is 9.98 Å². The summed E-state index contributed by atoms with van der Waals surface area (Å²) < 4.78 is 0. The van der Waals surface area contributed by atoms with Gasteiger partial charge in [-0.15, -0.1) is 0 Å². The predicted molar refractivity (Wildman–Crippen MR) is 220 cm³/mol. The summed E-state index contributed by atoms with van der Waals surface area (Å²) in [6, 6.07) is 35.2. The summed E-state index contributed by atoms with van der Waals surface area (Å²) in [5.41, 5.74) is 15.0. The molecule has 1 aromatic heterocycles. The predicted octanol–water partition coefficient (Wildman–Crippen LogP) is 10.7. The summed E-state index contributed by atoms with van der Waals surface area (Å²) in [6.45, 7) is 6.27. The number of pyridine rings is 1. The second-order valence-electron chi connectivity index (χ2n) is 14.2. The number of amidine groups is 2. The van der Waals surface area contributed by atoms with Crippen molar-refractivity contribution in [3.8, 4) is 11.1 Å². The van der Waals surface area contributed by atoms with Gasteiger partial charge in [-0.25, -0.2) is 9.98 Å². The molecule has 1 N–H and O–H groups in total. The molecule has 0 amide bonds. The average Bonchev–Trinajstić information content (AvgIpc) is 3.31. The quantitative estimate of drug-likeness (QED) is 0.173. The van der Waals surface area contributed by atoms with E-state index in [0.29, 0.717) is 0 Å². The third-order valence-corrected chi connectivity index (χ3v) is 11.2. The van der Waals surface area contributed by atoms with Crippen LogP contribution in [0.3, 0.4) is 0 Å². The Morgan fingerprint density at radius 3 is 2.36 bits per heavy atom. The van der Waals surface area contributed by atoms with Gasteiger partial charge in [0, 0.05) is 29.1 Å². The number of rotatable bonds is 7. The smallest absolute Gasteiger partial charge is 0.170 e. The summed E-state index contributed by atoms with van der Waals surface area (Å²) in [5, 5.41) is 3.82. The van der Waals surface area contributed by atoms with Crippen LogP contribution in [0.4, 0.5) is 0 Å². The number of aryl methyl sites for hydroxylation is 2. The van der Waals surface area contributed by atoms with E-state index in [9.17, 15) is 0 Å². The molecule has 0 saturated heterocycles. The van der Waals surface area contributed by atoms with Gasteiger partial charge < -0.3 is 5.32 Å². The largest absolute Gasteiger partial charge is 0.324 e. The van der Waals surface area contributed by atoms with E-state index in [1.807, 2.05) is 18.5 Å². The third kappa shape index (κ3) is 5.48. The summed E-state index contributed by atoms with van der Waals surface area (Å²) in [7, 11) is 0. The molecule has 0 fully saturated rings. The van der Waals surface area contributed by atoms with Crippen LogP contribution < -0.4 is 5.32 Å². The lowest BCUT2D eigenvalue weighted by Crippen LogP contribution is -2.39. The lowest BCUT2D eigenvalue weighted by molar-refractivity contribution is 0.757. The van der Waals surface area contributed by atoms with Gasteiger partial charge in [-0.05, 0) is 107 Å². The topological polar surface area (TPSA) is 49.6 Å². The molecule has 2 atom stereocenters. The van der Waals surface area contributed by atoms with Crippen LogP contribution in [0.25, 0.3) is 22.8 Å². The molecule has 0 bridgehead atoms. The molecule has 0 saturated carbocycles. The summed E-state index contributed by atoms with van der Waals surface area (Å²) in [5.74, 6) is 1.63. The molecule has 4 nitrogen and oxygen atoms in total. The molecule has 258 valence electrons. The van der Waals surface area contributed by atoms with Crippen LogP contribution in [0, 0.1) is 6.92 Å². The first-order chi connectivity index (χ1) is 26.2. The fourth-order valence-corrected chi connectivity index (χ4v) is 8.84. The van der Waals surface area contributed by atoms with Crippen molar-refractivity contribution in [3.63, 3.8) is 0 Å². The van der Waals surface area contributed by atoms with Crippen molar-refractivity contribution < 1.29 is 0 Å². The van der Waals surface area contributed by atoms with E-state index in [-0.39, 0.29) is 0 Å². The minimum atomic E-state index is -0.504. The molecule has 53 heavy (non-hydrogen) atoms. The third-order valence-electron chi connectivity index (χ3n) is 11.2. The Bertz CT molecular complexity index is 2440. The Morgan fingerprint density at radius 1 is 0.755 bits per heavy atom. The van der Waals surface area contributed by atoms with Gasteiger partial charge in [0.2, 0.25) is 0 Å². The zero-order valence-electron chi connectivity index (χ0n) is 30.1. The molecule has 2 heterocycles. The summed E-state index contributed by atoms with van der Waals surface area (Å²) in [6.07, 6.45) is 24.3. The molecule has 1 aliphatic heterocycles. The first-order valence-corrected chi connectivity index (χ1v) is 18.8. The van der Waals surface area contributed by atoms with Crippen LogP contribution in [0.1, 0.15) is 75.8 Å². The maximum Gasteiger partial charge on any atom is 0.170 e. The Labute approximate surface area is 312 Å². The monoisotopic (exact) mass is 686 g/mol. The van der Waals surface area contributed by atoms with Crippen LogP contribution in [0.15, 0.2) is 168 Å². The van der Waals surface area contributed by atoms with Crippen LogP contribution >= 0.6 is 0 Å². The van der Waals surface area contributed by atoms with Gasteiger partial charge in [-0.1, -0.05) is 134 Å². The zero-order valence-corrected chi connectivity index (χ0v) is 30.1. The highest BCUT2D eigenvalue weighted by molar-refractivity contribution is 6.20. The molecule has 5 aromatic rings. The fraction of sp³-hybridized carbons (Fsp3) is 0.163. The van der Waals surface area contributed by atoms with Gasteiger partial charge >= 0.3 is 0 Å². The highest BCUT2D eigenvalue weighted by Crippen LogP contribution is 2.57. The summed E-state index contributed by atoms with van der Waals surface area (Å²) >= 11 is 0. The standard InChI is InChI=1S/C49H42N4/c1-3-16-39(37-22-10-8-17-33(37)2)46-51-47(40-25-14-19-34-18-9-11-23-38(34)40)53-48(52-46)42-26-15-28-44-45(42)41-24-12-13-27-43(41)49(44,36-29-31-50-32-30-36)35-20-6-4-5-7-21-35/h3,6,8,10-17,19-32,46H,1,4-5,7,9,18H2,2H3,(H,51,52,53)/b39-16+. The molecule has 3 aliphatic carbocycles. The normalized spacial score (nSPS) is 20.2. The van der Waals surface area contributed by atoms with Crippen LogP contribution in [0.2, 0.25) is 0 Å². The van der Waals surface area contributed by atoms with Gasteiger partial charge in [0.1, 0.15) is 11.7 Å². The zero-order chi connectivity index (χ0) is 35.8. The van der Waals surface area contributed by atoms with E-state index in [0.717, 1.165) is 66.0 Å². The first kappa shape index (κ1) is 32.8. The van der Waals surface area contributed by atoms with Crippen molar-refractivity contribution in [1.82, 2.24) is 10.3 Å². The lowest BCUT2D eigenvalue weighted by atomic mass is 9.67. The maximum absolute atomic E-state index is 5.52. The van der Waals surface area contributed by atoms with E-state index in [1.54, 1.807) is 0 Å². The number of hydrogen-bond acceptors (Lipinski definition) is 4. The van der Waals surface area contributed by atoms with Crippen molar-refractivity contribution >= 4 is 23.3 Å². The van der Waals surface area contributed by atoms with Crippen molar-refractivity contribution in [3.05, 3.63) is 208 Å². The lowest BCUT2D eigenvalue weighted by Gasteiger charge is -2.34. The highest BCUT2D eigenvalue weighted by Gasteiger charge is 2.48. The van der Waals surface area contributed by atoms with Gasteiger partial charge in [0.05, 0.1) is 5.41 Å². The van der Waals surface area contributed by atoms with Crippen molar-refractivity contribution in [2.75, 3.05) is 0 Å². The van der Waals surface area contributed by atoms with Crippen LogP contribution in [-0.4, -0.2) is 22.8 Å². The van der Waals surface area contributed by atoms with E-state index in [2.05, 4.69) is 157 Å². The molecule has 0 radical (unpaired) electrons. The van der Waals surface area contributed by atoms with Crippen molar-refractivity contribution in [2.45, 2.75) is 50.6 Å². The minimum absolute atomic E-state index is 0.492. The minimum Gasteiger partial charge on any atom is -0.324 e. The Morgan fingerprint density at radius 2 is 1.49 bits per heavy atom. The van der Waals surface area contributed by atoms with Crippen LogP contribution in [0.5, 0.6) is 0 Å². The number of nitrogens with zero attached hydrogens (tertiary/aromatic N) is 3. The van der Waals surface area contributed by atoms with Gasteiger partial charge in [0.15, 0.2) is 6.17 Å². The number of allylic oxidation sites excluding steroid dienone is 7. The van der Waals surface area contributed by atoms with Gasteiger partial charge in [0.25, 0.3) is 0 Å². The molecule has 4 aromatic carbocycles. The number of aromatic nitrogens is 1. The second kappa shape index (κ2) is 13.8. The molecule has 4 heteroatoms. The Balaban J connectivity index is 1.30. The first-order valence-electron chi connectivity index (χ1n) is 18.8. The number of benzene rings is 4. The second-order valence-corrected chi connectivity index (χ2v) is 14.2. The number of nitrogens with one attached hydrogen (secondary N) is 1. The Kier molecular flexibility index (Phi) is 8.52. The van der Waals surface area contributed by atoms with Gasteiger partial charge in [-0.3, -0.25) is 4.98 Å². The van der Waals surface area contributed by atoms with Crippen molar-refractivity contribution in [1.29, 1.82) is 0 Å². The maximum atomic E-state index is 5.52. The average molecular weight is 687 g/mol. The molecule has 9 rings (SSSR count). The van der Waals surface area contributed by atoms with E-state index < -0.39 is 11.6 Å². The highest BCUT2D eigenvalue weighted by atomic mass is 15.2.